The highest BCUT2D eigenvalue weighted by Gasteiger charge is 2.51. The normalized spacial score (nSPS) is 30.5. The van der Waals surface area contributed by atoms with E-state index in [1.54, 1.807) is 0 Å². The molecule has 0 bridgehead atoms. The van der Waals surface area contributed by atoms with Gasteiger partial charge >= 0.3 is 0 Å². The third kappa shape index (κ3) is 4.36. The first kappa shape index (κ1) is 19.9. The van der Waals surface area contributed by atoms with Crippen molar-refractivity contribution in [3.05, 3.63) is 28.8 Å². The van der Waals surface area contributed by atoms with Gasteiger partial charge < -0.3 is 19.1 Å². The van der Waals surface area contributed by atoms with Crippen molar-refractivity contribution < 1.29 is 14.2 Å². The second-order valence-corrected chi connectivity index (χ2v) is 8.93. The molecule has 1 aromatic carbocycles. The molecule has 2 aliphatic heterocycles. The second-order valence-electron chi connectivity index (χ2n) is 8.53. The zero-order chi connectivity index (χ0) is 18.9. The van der Waals surface area contributed by atoms with Crippen LogP contribution in [0.4, 0.5) is 0 Å². The third-order valence-corrected chi connectivity index (χ3v) is 6.16. The molecule has 2 saturated heterocycles. The second kappa shape index (κ2) is 7.67. The maximum absolute atomic E-state index is 6.36. The third-order valence-electron chi connectivity index (χ3n) is 5.74. The molecule has 3 atom stereocenters. The number of ether oxygens (including phenoxy) is 3. The Morgan fingerprint density at radius 3 is 2.85 bits per heavy atom. The van der Waals surface area contributed by atoms with Crippen molar-refractivity contribution in [3.63, 3.8) is 0 Å². The molecule has 2 aliphatic rings. The monoisotopic (exact) mass is 381 g/mol. The average Bonchev–Trinajstić information content (AvgIpc) is 2.94. The molecule has 2 heterocycles. The molecule has 3 unspecified atom stereocenters. The number of hydrogen-bond donors (Lipinski definition) is 0. The molecule has 1 aromatic rings. The summed E-state index contributed by atoms with van der Waals surface area (Å²) in [6.45, 7) is 14.2. The number of likely N-dealkylation sites (tertiary alicyclic amines) is 1. The zero-order valence-electron chi connectivity index (χ0n) is 16.7. The van der Waals surface area contributed by atoms with Crippen molar-refractivity contribution >= 4 is 11.6 Å². The average molecular weight is 382 g/mol. The molecular weight excluding hydrogens is 350 g/mol. The van der Waals surface area contributed by atoms with Crippen molar-refractivity contribution in [2.45, 2.75) is 65.0 Å². The van der Waals surface area contributed by atoms with Gasteiger partial charge in [0.2, 0.25) is 5.79 Å². The molecule has 0 aliphatic carbocycles. The molecule has 0 radical (unpaired) electrons. The van der Waals surface area contributed by atoms with E-state index in [0.717, 1.165) is 41.9 Å². The molecule has 5 heteroatoms. The van der Waals surface area contributed by atoms with Crippen LogP contribution in [0.15, 0.2) is 18.2 Å². The predicted molar refractivity (Wildman–Crippen MR) is 105 cm³/mol. The fraction of sp³-hybridized carbons (Fsp3) is 0.714. The SMILES string of the molecule is Cc1cc(OC(C)(C)C2(C)OCC(CN3CCCC(C)C3)O2)ccc1Cl. The molecule has 0 spiro atoms. The first-order chi connectivity index (χ1) is 12.2. The lowest BCUT2D eigenvalue weighted by atomic mass is 9.98. The van der Waals surface area contributed by atoms with Gasteiger partial charge in [-0.3, -0.25) is 0 Å². The Kier molecular flexibility index (Phi) is 5.88. The first-order valence-corrected chi connectivity index (χ1v) is 10.1. The van der Waals surface area contributed by atoms with Crippen molar-refractivity contribution in [2.24, 2.45) is 5.92 Å². The van der Waals surface area contributed by atoms with Crippen LogP contribution in [0.3, 0.4) is 0 Å². The van der Waals surface area contributed by atoms with Gasteiger partial charge in [-0.05, 0) is 76.8 Å². The van der Waals surface area contributed by atoms with Crippen LogP contribution in [0.2, 0.25) is 5.02 Å². The van der Waals surface area contributed by atoms with Gasteiger partial charge in [-0.15, -0.1) is 0 Å². The number of halogens is 1. The lowest BCUT2D eigenvalue weighted by Gasteiger charge is -2.40. The summed E-state index contributed by atoms with van der Waals surface area (Å²) in [5.74, 6) is 0.760. The fourth-order valence-electron chi connectivity index (χ4n) is 3.85. The highest BCUT2D eigenvalue weighted by Crippen LogP contribution is 2.38. The van der Waals surface area contributed by atoms with Gasteiger partial charge in [-0.1, -0.05) is 18.5 Å². The van der Waals surface area contributed by atoms with Crippen LogP contribution in [0.25, 0.3) is 0 Å². The number of hydrogen-bond acceptors (Lipinski definition) is 4. The van der Waals surface area contributed by atoms with E-state index in [-0.39, 0.29) is 6.10 Å². The van der Waals surface area contributed by atoms with Crippen LogP contribution in [-0.2, 0) is 9.47 Å². The van der Waals surface area contributed by atoms with E-state index >= 15 is 0 Å². The predicted octanol–water partition coefficient (Wildman–Crippen LogP) is 4.67. The van der Waals surface area contributed by atoms with Crippen LogP contribution < -0.4 is 4.74 Å². The summed E-state index contributed by atoms with van der Waals surface area (Å²) in [5.41, 5.74) is 0.368. The Bertz CT molecular complexity index is 636. The van der Waals surface area contributed by atoms with Crippen molar-refractivity contribution in [2.75, 3.05) is 26.2 Å². The Labute approximate surface area is 162 Å². The van der Waals surface area contributed by atoms with Gasteiger partial charge in [0.1, 0.15) is 5.75 Å². The molecule has 3 rings (SSSR count). The molecule has 2 fully saturated rings. The summed E-state index contributed by atoms with van der Waals surface area (Å²) >= 11 is 6.12. The van der Waals surface area contributed by atoms with Gasteiger partial charge in [0, 0.05) is 18.1 Å². The number of nitrogens with zero attached hydrogens (tertiary/aromatic N) is 1. The molecule has 0 amide bonds. The molecule has 0 N–H and O–H groups in total. The smallest absolute Gasteiger partial charge is 0.205 e. The van der Waals surface area contributed by atoms with Crippen molar-refractivity contribution in [1.82, 2.24) is 4.90 Å². The summed E-state index contributed by atoms with van der Waals surface area (Å²) in [6.07, 6.45) is 2.69. The van der Waals surface area contributed by atoms with Crippen LogP contribution in [0.5, 0.6) is 5.75 Å². The highest BCUT2D eigenvalue weighted by atomic mass is 35.5. The highest BCUT2D eigenvalue weighted by molar-refractivity contribution is 6.31. The van der Waals surface area contributed by atoms with Gasteiger partial charge in [0.15, 0.2) is 5.60 Å². The maximum Gasteiger partial charge on any atom is 0.205 e. The fourth-order valence-corrected chi connectivity index (χ4v) is 3.97. The summed E-state index contributed by atoms with van der Waals surface area (Å²) in [4.78, 5) is 2.50. The Morgan fingerprint density at radius 2 is 2.15 bits per heavy atom. The molecular formula is C21H32ClNO3. The van der Waals surface area contributed by atoms with Gasteiger partial charge in [-0.2, -0.15) is 0 Å². The molecule has 146 valence electrons. The number of benzene rings is 1. The number of piperidine rings is 1. The minimum atomic E-state index is -0.785. The van der Waals surface area contributed by atoms with Gasteiger partial charge in [0.05, 0.1) is 12.7 Å². The van der Waals surface area contributed by atoms with E-state index in [0.29, 0.717) is 6.61 Å². The topological polar surface area (TPSA) is 30.9 Å². The van der Waals surface area contributed by atoms with E-state index < -0.39 is 11.4 Å². The summed E-state index contributed by atoms with van der Waals surface area (Å²) in [6, 6.07) is 5.71. The lowest BCUT2D eigenvalue weighted by molar-refractivity contribution is -0.243. The number of aryl methyl sites for hydroxylation is 1. The largest absolute Gasteiger partial charge is 0.482 e. The van der Waals surface area contributed by atoms with E-state index in [4.69, 9.17) is 25.8 Å². The molecule has 0 aromatic heterocycles. The van der Waals surface area contributed by atoms with Gasteiger partial charge in [0.25, 0.3) is 0 Å². The lowest BCUT2D eigenvalue weighted by Crippen LogP contribution is -2.53. The Morgan fingerprint density at radius 1 is 1.38 bits per heavy atom. The molecule has 0 saturated carbocycles. The zero-order valence-corrected chi connectivity index (χ0v) is 17.4. The van der Waals surface area contributed by atoms with E-state index in [1.165, 1.54) is 12.8 Å². The van der Waals surface area contributed by atoms with Crippen LogP contribution in [-0.4, -0.2) is 48.6 Å². The van der Waals surface area contributed by atoms with Crippen LogP contribution >= 0.6 is 11.6 Å². The molecule has 26 heavy (non-hydrogen) atoms. The minimum Gasteiger partial charge on any atom is -0.482 e. The van der Waals surface area contributed by atoms with Crippen LogP contribution in [0, 0.1) is 12.8 Å². The summed E-state index contributed by atoms with van der Waals surface area (Å²) in [5, 5.41) is 0.741. The van der Waals surface area contributed by atoms with E-state index in [9.17, 15) is 0 Å². The Hall–Kier alpha value is -0.810. The standard InChI is InChI=1S/C21H32ClNO3/c1-15-7-6-10-23(12-15)13-18-14-24-21(5,26-18)20(3,4)25-17-8-9-19(22)16(2)11-17/h8-9,11,15,18H,6-7,10,12-14H2,1-5H3. The summed E-state index contributed by atoms with van der Waals surface area (Å²) < 4.78 is 18.7. The number of rotatable bonds is 5. The van der Waals surface area contributed by atoms with E-state index in [1.807, 2.05) is 45.9 Å². The van der Waals surface area contributed by atoms with Crippen molar-refractivity contribution in [3.8, 4) is 5.75 Å². The molecule has 4 nitrogen and oxygen atoms in total. The van der Waals surface area contributed by atoms with E-state index in [2.05, 4.69) is 11.8 Å². The first-order valence-electron chi connectivity index (χ1n) is 9.68. The quantitative estimate of drug-likeness (QED) is 0.741. The Balaban J connectivity index is 1.62. The minimum absolute atomic E-state index is 0.0835. The van der Waals surface area contributed by atoms with Crippen LogP contribution in [0.1, 0.15) is 46.1 Å². The van der Waals surface area contributed by atoms with Crippen molar-refractivity contribution in [1.29, 1.82) is 0 Å². The summed E-state index contributed by atoms with van der Waals surface area (Å²) in [7, 11) is 0. The van der Waals surface area contributed by atoms with Gasteiger partial charge in [-0.25, -0.2) is 0 Å². The maximum atomic E-state index is 6.36.